The van der Waals surface area contributed by atoms with Crippen molar-refractivity contribution in [1.82, 2.24) is 0 Å². The highest BCUT2D eigenvalue weighted by Crippen LogP contribution is 2.14. The second-order valence-electron chi connectivity index (χ2n) is 17.7. The normalized spacial score (nSPS) is 12.7. The number of esters is 3. The van der Waals surface area contributed by atoms with E-state index in [1.165, 1.54) is 103 Å². The molecule has 0 spiro atoms. The van der Waals surface area contributed by atoms with E-state index >= 15 is 0 Å². The average Bonchev–Trinajstić information content (AvgIpc) is 3.30. The quantitative estimate of drug-likeness (QED) is 0.0262. The third kappa shape index (κ3) is 51.4. The van der Waals surface area contributed by atoms with E-state index in [4.69, 9.17) is 14.2 Å². The molecule has 6 nitrogen and oxygen atoms in total. The molecule has 0 rings (SSSR count). The van der Waals surface area contributed by atoms with Crippen molar-refractivity contribution in [2.75, 3.05) is 13.2 Å². The summed E-state index contributed by atoms with van der Waals surface area (Å²) in [6, 6.07) is 0. The van der Waals surface area contributed by atoms with Gasteiger partial charge in [0, 0.05) is 19.3 Å². The van der Waals surface area contributed by atoms with Crippen LogP contribution in [0, 0.1) is 0 Å². The zero-order chi connectivity index (χ0) is 47.2. The number of carbonyl (C=O) groups is 3. The molecule has 1 atom stereocenters. The van der Waals surface area contributed by atoms with Crippen molar-refractivity contribution in [1.29, 1.82) is 0 Å². The van der Waals surface area contributed by atoms with Crippen LogP contribution in [0.3, 0.4) is 0 Å². The van der Waals surface area contributed by atoms with Crippen LogP contribution < -0.4 is 0 Å². The molecule has 0 saturated heterocycles. The van der Waals surface area contributed by atoms with Gasteiger partial charge in [-0.25, -0.2) is 0 Å². The summed E-state index contributed by atoms with van der Waals surface area (Å²) >= 11 is 0. The Morgan fingerprint density at radius 2 is 0.615 bits per heavy atom. The van der Waals surface area contributed by atoms with Crippen LogP contribution in [-0.4, -0.2) is 37.2 Å². The first-order valence-electron chi connectivity index (χ1n) is 27.1. The summed E-state index contributed by atoms with van der Waals surface area (Å²) in [5.74, 6) is -0.939. The monoisotopic (exact) mass is 905 g/mol. The predicted octanol–water partition coefficient (Wildman–Crippen LogP) is 18.0. The maximum absolute atomic E-state index is 12.8. The molecule has 0 aromatic heterocycles. The first kappa shape index (κ1) is 61.6. The van der Waals surface area contributed by atoms with E-state index in [2.05, 4.69) is 106 Å². The SMILES string of the molecule is CC/C=C\C/C=C\C/C=C\C/C=C\C/C=C\CCCCCC(=O)OC[C@@H](COC(=O)CCCCCCC/C=C\CCCC)OC(=O)CCCCCCCCC/C=C\CCCCCCCC. The molecule has 0 heterocycles. The van der Waals surface area contributed by atoms with Crippen LogP contribution in [-0.2, 0) is 28.6 Å². The molecule has 0 unspecified atom stereocenters. The fraction of sp³-hybridized carbons (Fsp3) is 0.712. The second-order valence-corrected chi connectivity index (χ2v) is 17.7. The fourth-order valence-corrected chi connectivity index (χ4v) is 7.27. The number of hydrogen-bond acceptors (Lipinski definition) is 6. The topological polar surface area (TPSA) is 78.9 Å². The molecule has 0 bridgehead atoms. The van der Waals surface area contributed by atoms with E-state index in [1.54, 1.807) is 0 Å². The lowest BCUT2D eigenvalue weighted by molar-refractivity contribution is -0.167. The molecule has 0 aromatic rings. The zero-order valence-electron chi connectivity index (χ0n) is 42.5. The number of allylic oxidation sites excluding steroid dienone is 14. The van der Waals surface area contributed by atoms with E-state index in [0.29, 0.717) is 19.3 Å². The summed E-state index contributed by atoms with van der Waals surface area (Å²) in [5, 5.41) is 0. The van der Waals surface area contributed by atoms with Crippen molar-refractivity contribution < 1.29 is 28.6 Å². The van der Waals surface area contributed by atoms with Crippen molar-refractivity contribution in [3.63, 3.8) is 0 Å². The van der Waals surface area contributed by atoms with Crippen molar-refractivity contribution in [3.05, 3.63) is 85.1 Å². The van der Waals surface area contributed by atoms with Crippen LogP contribution in [0.4, 0.5) is 0 Å². The Hall–Kier alpha value is -3.41. The highest BCUT2D eigenvalue weighted by molar-refractivity contribution is 5.71. The first-order chi connectivity index (χ1) is 32.0. The summed E-state index contributed by atoms with van der Waals surface area (Å²) in [5.41, 5.74) is 0. The van der Waals surface area contributed by atoms with Gasteiger partial charge in [-0.2, -0.15) is 0 Å². The van der Waals surface area contributed by atoms with Gasteiger partial charge in [0.1, 0.15) is 13.2 Å². The molecule has 0 N–H and O–H groups in total. The molecule has 0 saturated carbocycles. The van der Waals surface area contributed by atoms with Gasteiger partial charge in [0.2, 0.25) is 0 Å². The van der Waals surface area contributed by atoms with E-state index in [0.717, 1.165) is 109 Å². The summed E-state index contributed by atoms with van der Waals surface area (Å²) in [6.07, 6.45) is 68.5. The lowest BCUT2D eigenvalue weighted by atomic mass is 10.1. The first-order valence-corrected chi connectivity index (χ1v) is 27.1. The molecular formula is C59H100O6. The van der Waals surface area contributed by atoms with Crippen molar-refractivity contribution in [3.8, 4) is 0 Å². The van der Waals surface area contributed by atoms with Gasteiger partial charge in [0.25, 0.3) is 0 Å². The minimum absolute atomic E-state index is 0.0935. The molecule has 6 heteroatoms. The van der Waals surface area contributed by atoms with Gasteiger partial charge in [-0.1, -0.05) is 209 Å². The minimum atomic E-state index is -0.795. The van der Waals surface area contributed by atoms with Gasteiger partial charge in [0.15, 0.2) is 6.10 Å². The Morgan fingerprint density at radius 3 is 1.02 bits per heavy atom. The number of carbonyl (C=O) groups excluding carboxylic acids is 3. The standard InChI is InChI=1S/C59H100O6/c1-4-7-10-13-16-19-22-24-26-28-29-31-32-34-37-40-43-46-49-52-58(61)64-55-56(54-63-57(60)51-48-45-42-39-36-21-18-15-12-9-6-3)65-59(62)53-50-47-44-41-38-35-33-30-27-25-23-20-17-14-11-8-5-2/h7,10,15-16,18-19,24-27,29,31,34,37,56H,4-6,8-9,11-14,17,20-23,28,30,32-33,35-36,38-55H2,1-3H3/b10-7-,18-15-,19-16-,26-24-,27-25-,31-29-,37-34-/t56-/m1/s1. The number of rotatable bonds is 48. The number of hydrogen-bond donors (Lipinski definition) is 0. The van der Waals surface area contributed by atoms with Crippen LogP contribution in [0.1, 0.15) is 252 Å². The number of ether oxygens (including phenoxy) is 3. The number of unbranched alkanes of at least 4 members (excludes halogenated alkanes) is 23. The molecule has 0 radical (unpaired) electrons. The Balaban J connectivity index is 4.43. The van der Waals surface area contributed by atoms with E-state index in [9.17, 15) is 14.4 Å². The molecule has 372 valence electrons. The van der Waals surface area contributed by atoms with Crippen LogP contribution in [0.15, 0.2) is 85.1 Å². The van der Waals surface area contributed by atoms with Crippen molar-refractivity contribution in [2.45, 2.75) is 258 Å². The highest BCUT2D eigenvalue weighted by Gasteiger charge is 2.19. The summed E-state index contributed by atoms with van der Waals surface area (Å²) in [6.45, 7) is 6.44. The Bertz CT molecular complexity index is 1270. The molecule has 0 aliphatic heterocycles. The average molecular weight is 905 g/mol. The van der Waals surface area contributed by atoms with Gasteiger partial charge in [-0.3, -0.25) is 14.4 Å². The third-order valence-corrected chi connectivity index (χ3v) is 11.4. The minimum Gasteiger partial charge on any atom is -0.462 e. The lowest BCUT2D eigenvalue weighted by Crippen LogP contribution is -2.30. The largest absolute Gasteiger partial charge is 0.462 e. The fourth-order valence-electron chi connectivity index (χ4n) is 7.27. The van der Waals surface area contributed by atoms with Crippen LogP contribution in [0.2, 0.25) is 0 Å². The van der Waals surface area contributed by atoms with E-state index in [-0.39, 0.29) is 31.1 Å². The lowest BCUT2D eigenvalue weighted by Gasteiger charge is -2.18. The van der Waals surface area contributed by atoms with Gasteiger partial charge in [0.05, 0.1) is 0 Å². The maximum atomic E-state index is 12.8. The molecule has 0 fully saturated rings. The molecular weight excluding hydrogens is 805 g/mol. The van der Waals surface area contributed by atoms with Crippen LogP contribution >= 0.6 is 0 Å². The van der Waals surface area contributed by atoms with Crippen molar-refractivity contribution in [2.24, 2.45) is 0 Å². The van der Waals surface area contributed by atoms with Crippen molar-refractivity contribution >= 4 is 17.9 Å². The zero-order valence-corrected chi connectivity index (χ0v) is 42.5. The summed E-state index contributed by atoms with van der Waals surface area (Å²) in [7, 11) is 0. The van der Waals surface area contributed by atoms with Gasteiger partial charge in [-0.15, -0.1) is 0 Å². The second kappa shape index (κ2) is 53.2. The van der Waals surface area contributed by atoms with Gasteiger partial charge < -0.3 is 14.2 Å². The molecule has 0 aliphatic carbocycles. The van der Waals surface area contributed by atoms with Gasteiger partial charge >= 0.3 is 17.9 Å². The Kier molecular flexibility index (Phi) is 50.4. The smallest absolute Gasteiger partial charge is 0.306 e. The van der Waals surface area contributed by atoms with Gasteiger partial charge in [-0.05, 0) is 109 Å². The van der Waals surface area contributed by atoms with E-state index < -0.39 is 6.10 Å². The molecule has 0 amide bonds. The maximum Gasteiger partial charge on any atom is 0.306 e. The summed E-state index contributed by atoms with van der Waals surface area (Å²) in [4.78, 5) is 38.0. The van der Waals surface area contributed by atoms with Crippen LogP contribution in [0.5, 0.6) is 0 Å². The molecule has 0 aromatic carbocycles. The Morgan fingerprint density at radius 1 is 0.323 bits per heavy atom. The van der Waals surface area contributed by atoms with E-state index in [1.807, 2.05) is 0 Å². The highest BCUT2D eigenvalue weighted by atomic mass is 16.6. The molecule has 0 aliphatic rings. The van der Waals surface area contributed by atoms with Crippen LogP contribution in [0.25, 0.3) is 0 Å². The molecule has 65 heavy (non-hydrogen) atoms. The Labute approximate surface area is 401 Å². The third-order valence-electron chi connectivity index (χ3n) is 11.4. The predicted molar refractivity (Wildman–Crippen MR) is 279 cm³/mol. The summed E-state index contributed by atoms with van der Waals surface area (Å²) < 4.78 is 16.8.